The van der Waals surface area contributed by atoms with Crippen LogP contribution in [0.2, 0.25) is 0 Å². The second kappa shape index (κ2) is 7.38. The Morgan fingerprint density at radius 1 is 1.55 bits per heavy atom. The van der Waals surface area contributed by atoms with Gasteiger partial charge in [0.05, 0.1) is 18.0 Å². The molecule has 1 amide bonds. The van der Waals surface area contributed by atoms with Crippen LogP contribution in [0.4, 0.5) is 0 Å². The molecule has 0 aromatic carbocycles. The molecule has 6 heteroatoms. The predicted octanol–water partition coefficient (Wildman–Crippen LogP) is 2.37. The third kappa shape index (κ3) is 3.93. The van der Waals surface area contributed by atoms with Crippen LogP contribution in [-0.4, -0.2) is 53.4 Å². The van der Waals surface area contributed by atoms with E-state index in [1.165, 1.54) is 11.3 Å². The van der Waals surface area contributed by atoms with Gasteiger partial charge in [-0.25, -0.2) is 4.98 Å². The fourth-order valence-electron chi connectivity index (χ4n) is 2.57. The predicted molar refractivity (Wildman–Crippen MR) is 83.3 cm³/mol. The number of alkyl halides is 1. The number of hydrogen-bond acceptors (Lipinski definition) is 4. The van der Waals surface area contributed by atoms with E-state index >= 15 is 0 Å². The summed E-state index contributed by atoms with van der Waals surface area (Å²) in [5.41, 5.74) is 0.860. The molecule has 4 nitrogen and oxygen atoms in total. The van der Waals surface area contributed by atoms with Crippen molar-refractivity contribution in [3.05, 3.63) is 16.1 Å². The van der Waals surface area contributed by atoms with Crippen molar-refractivity contribution in [3.8, 4) is 0 Å². The van der Waals surface area contributed by atoms with Crippen molar-refractivity contribution in [1.29, 1.82) is 0 Å². The normalized spacial score (nSPS) is 17.4. The molecule has 1 fully saturated rings. The Balaban J connectivity index is 1.85. The summed E-state index contributed by atoms with van der Waals surface area (Å²) in [5, 5.41) is 2.79. The van der Waals surface area contributed by atoms with Crippen molar-refractivity contribution in [2.75, 3.05) is 26.7 Å². The van der Waals surface area contributed by atoms with Crippen molar-refractivity contribution in [1.82, 2.24) is 14.8 Å². The lowest BCUT2D eigenvalue weighted by Gasteiger charge is -2.36. The number of aromatic nitrogens is 1. The van der Waals surface area contributed by atoms with Gasteiger partial charge >= 0.3 is 0 Å². The average molecular weight is 316 g/mol. The van der Waals surface area contributed by atoms with Crippen molar-refractivity contribution in [3.63, 3.8) is 0 Å². The Kier molecular flexibility index (Phi) is 5.81. The van der Waals surface area contributed by atoms with Crippen LogP contribution in [0.1, 0.15) is 30.5 Å². The van der Waals surface area contributed by atoms with E-state index in [-0.39, 0.29) is 5.91 Å². The number of amides is 1. The molecular weight excluding hydrogens is 294 g/mol. The smallest absolute Gasteiger partial charge is 0.229 e. The molecule has 112 valence electrons. The highest BCUT2D eigenvalue weighted by Gasteiger charge is 2.25. The van der Waals surface area contributed by atoms with Crippen LogP contribution in [0, 0.1) is 0 Å². The lowest BCUT2D eigenvalue weighted by Crippen LogP contribution is -2.45. The van der Waals surface area contributed by atoms with E-state index in [4.69, 9.17) is 11.6 Å². The van der Waals surface area contributed by atoms with Crippen molar-refractivity contribution in [2.45, 2.75) is 38.1 Å². The van der Waals surface area contributed by atoms with Crippen molar-refractivity contribution in [2.24, 2.45) is 0 Å². The van der Waals surface area contributed by atoms with Gasteiger partial charge < -0.3 is 9.80 Å². The Labute approximate surface area is 129 Å². The van der Waals surface area contributed by atoms with Gasteiger partial charge in [-0.3, -0.25) is 4.79 Å². The number of likely N-dealkylation sites (tertiary alicyclic amines) is 1. The van der Waals surface area contributed by atoms with E-state index < -0.39 is 0 Å². The highest BCUT2D eigenvalue weighted by molar-refractivity contribution is 7.09. The second-order valence-corrected chi connectivity index (χ2v) is 6.42. The maximum absolute atomic E-state index is 12.3. The van der Waals surface area contributed by atoms with Crippen LogP contribution in [0.15, 0.2) is 5.38 Å². The lowest BCUT2D eigenvalue weighted by atomic mass is 10.0. The molecule has 0 saturated carbocycles. The molecule has 1 aromatic rings. The van der Waals surface area contributed by atoms with Crippen LogP contribution in [0.3, 0.4) is 0 Å². The minimum atomic E-state index is 0.162. The number of thiazole rings is 1. The largest absolute Gasteiger partial charge is 0.342 e. The molecule has 1 aliphatic heterocycles. The maximum Gasteiger partial charge on any atom is 0.229 e. The van der Waals surface area contributed by atoms with E-state index in [0.29, 0.717) is 18.3 Å². The van der Waals surface area contributed by atoms with Gasteiger partial charge in [0, 0.05) is 31.6 Å². The first-order valence-corrected chi connectivity index (χ1v) is 8.52. The van der Waals surface area contributed by atoms with E-state index in [9.17, 15) is 4.79 Å². The molecule has 2 rings (SSSR count). The summed E-state index contributed by atoms with van der Waals surface area (Å²) < 4.78 is 0. The van der Waals surface area contributed by atoms with Gasteiger partial charge in [0.15, 0.2) is 0 Å². The standard InChI is InChI=1S/C14H22ClN3OS/c1-3-18-6-4-12(5-7-18)17(2)14(19)8-13-16-11(9-15)10-20-13/h10,12H,3-9H2,1-2H3. The molecule has 0 bridgehead atoms. The van der Waals surface area contributed by atoms with E-state index in [2.05, 4.69) is 16.8 Å². The van der Waals surface area contributed by atoms with Gasteiger partial charge in [0.25, 0.3) is 0 Å². The Hall–Kier alpha value is -0.650. The zero-order chi connectivity index (χ0) is 14.5. The number of halogens is 1. The highest BCUT2D eigenvalue weighted by Crippen LogP contribution is 2.18. The molecule has 0 N–H and O–H groups in total. The molecule has 0 aliphatic carbocycles. The Bertz CT molecular complexity index is 443. The Morgan fingerprint density at radius 3 is 2.80 bits per heavy atom. The van der Waals surface area contributed by atoms with Crippen molar-refractivity contribution < 1.29 is 4.79 Å². The summed E-state index contributed by atoms with van der Waals surface area (Å²) >= 11 is 7.25. The number of carbonyl (C=O) groups excluding carboxylic acids is 1. The van der Waals surface area contributed by atoms with Crippen LogP contribution in [0.5, 0.6) is 0 Å². The zero-order valence-electron chi connectivity index (χ0n) is 12.1. The first kappa shape index (κ1) is 15.7. The number of carbonyl (C=O) groups is 1. The van der Waals surface area contributed by atoms with Gasteiger partial charge in [-0.2, -0.15) is 0 Å². The number of likely N-dealkylation sites (N-methyl/N-ethyl adjacent to an activating group) is 1. The minimum absolute atomic E-state index is 0.162. The second-order valence-electron chi connectivity index (χ2n) is 5.21. The highest BCUT2D eigenvalue weighted by atomic mass is 35.5. The molecule has 0 radical (unpaired) electrons. The molecule has 1 saturated heterocycles. The molecule has 2 heterocycles. The van der Waals surface area contributed by atoms with Crippen LogP contribution in [-0.2, 0) is 17.1 Å². The summed E-state index contributed by atoms with van der Waals surface area (Å²) in [4.78, 5) is 21.0. The van der Waals surface area contributed by atoms with Gasteiger partial charge in [-0.1, -0.05) is 6.92 Å². The lowest BCUT2D eigenvalue weighted by molar-refractivity contribution is -0.132. The molecule has 0 unspecified atom stereocenters. The summed E-state index contributed by atoms with van der Waals surface area (Å²) in [7, 11) is 1.92. The average Bonchev–Trinajstić information content (AvgIpc) is 2.94. The van der Waals surface area contributed by atoms with Gasteiger partial charge in [-0.05, 0) is 19.4 Å². The third-order valence-corrected chi connectivity index (χ3v) is 5.16. The summed E-state index contributed by atoms with van der Waals surface area (Å²) in [6.45, 7) is 5.47. The quantitative estimate of drug-likeness (QED) is 0.783. The molecule has 0 spiro atoms. The van der Waals surface area contributed by atoms with E-state index in [1.54, 1.807) is 0 Å². The van der Waals surface area contributed by atoms with E-state index in [1.807, 2.05) is 17.3 Å². The molecular formula is C14H22ClN3OS. The fraction of sp³-hybridized carbons (Fsp3) is 0.714. The van der Waals surface area contributed by atoms with Gasteiger partial charge in [0.2, 0.25) is 5.91 Å². The number of rotatable bonds is 5. The Morgan fingerprint density at radius 2 is 2.25 bits per heavy atom. The zero-order valence-corrected chi connectivity index (χ0v) is 13.7. The van der Waals surface area contributed by atoms with Gasteiger partial charge in [0.1, 0.15) is 5.01 Å². The minimum Gasteiger partial charge on any atom is -0.342 e. The summed E-state index contributed by atoms with van der Waals surface area (Å²) in [6, 6.07) is 0.373. The topological polar surface area (TPSA) is 36.4 Å². The summed E-state index contributed by atoms with van der Waals surface area (Å²) in [6.07, 6.45) is 2.54. The third-order valence-electron chi connectivity index (χ3n) is 3.98. The monoisotopic (exact) mass is 315 g/mol. The molecule has 20 heavy (non-hydrogen) atoms. The maximum atomic E-state index is 12.3. The van der Waals surface area contributed by atoms with Crippen LogP contribution < -0.4 is 0 Å². The first-order chi connectivity index (χ1) is 9.63. The number of hydrogen-bond donors (Lipinski definition) is 0. The number of piperidine rings is 1. The molecule has 1 aliphatic rings. The first-order valence-electron chi connectivity index (χ1n) is 7.11. The molecule has 1 aromatic heterocycles. The fourth-order valence-corrected chi connectivity index (χ4v) is 3.59. The van der Waals surface area contributed by atoms with Crippen LogP contribution >= 0.6 is 22.9 Å². The number of nitrogens with zero attached hydrogens (tertiary/aromatic N) is 3. The van der Waals surface area contributed by atoms with E-state index in [0.717, 1.165) is 43.2 Å². The van der Waals surface area contributed by atoms with Crippen LogP contribution in [0.25, 0.3) is 0 Å². The SMILES string of the molecule is CCN1CCC(N(C)C(=O)Cc2nc(CCl)cs2)CC1. The van der Waals surface area contributed by atoms with Crippen molar-refractivity contribution >= 4 is 28.8 Å². The summed E-state index contributed by atoms with van der Waals surface area (Å²) in [5.74, 6) is 0.575. The van der Waals surface area contributed by atoms with Gasteiger partial charge in [-0.15, -0.1) is 22.9 Å². The molecule has 0 atom stereocenters.